The van der Waals surface area contributed by atoms with Gasteiger partial charge < -0.3 is 4.90 Å². The Kier molecular flexibility index (Phi) is 3.51. The van der Waals surface area contributed by atoms with Gasteiger partial charge in [0.1, 0.15) is 12.1 Å². The molecule has 0 aromatic carbocycles. The molecule has 2 aromatic heterocycles. The Balaban J connectivity index is 1.85. The molecular formula is C17H25N5. The second-order valence-corrected chi connectivity index (χ2v) is 7.06. The fourth-order valence-electron chi connectivity index (χ4n) is 4.16. The van der Waals surface area contributed by atoms with Gasteiger partial charge in [-0.15, -0.1) is 0 Å². The zero-order chi connectivity index (χ0) is 15.1. The highest BCUT2D eigenvalue weighted by Gasteiger charge is 2.29. The molecule has 3 heterocycles. The molecule has 0 amide bonds. The highest BCUT2D eigenvalue weighted by atomic mass is 15.4. The second-order valence-electron chi connectivity index (χ2n) is 7.06. The van der Waals surface area contributed by atoms with Crippen LogP contribution in [0.25, 0.3) is 5.78 Å². The van der Waals surface area contributed by atoms with Gasteiger partial charge in [-0.2, -0.15) is 14.6 Å². The van der Waals surface area contributed by atoms with Gasteiger partial charge in [-0.3, -0.25) is 0 Å². The summed E-state index contributed by atoms with van der Waals surface area (Å²) in [7, 11) is 0. The van der Waals surface area contributed by atoms with Crippen molar-refractivity contribution in [2.75, 3.05) is 18.0 Å². The quantitative estimate of drug-likeness (QED) is 0.853. The van der Waals surface area contributed by atoms with Gasteiger partial charge in [0.25, 0.3) is 5.78 Å². The monoisotopic (exact) mass is 299 g/mol. The first-order valence-electron chi connectivity index (χ1n) is 8.69. The molecule has 1 aliphatic carbocycles. The summed E-state index contributed by atoms with van der Waals surface area (Å²) < 4.78 is 1.98. The Hall–Kier alpha value is -1.65. The van der Waals surface area contributed by atoms with E-state index in [9.17, 15) is 0 Å². The average Bonchev–Trinajstić information content (AvgIpc) is 3.17. The van der Waals surface area contributed by atoms with Crippen LogP contribution in [0.4, 0.5) is 5.82 Å². The summed E-state index contributed by atoms with van der Waals surface area (Å²) in [6, 6.07) is 0. The van der Waals surface area contributed by atoms with Crippen LogP contribution in [0.5, 0.6) is 0 Å². The van der Waals surface area contributed by atoms with E-state index in [1.54, 1.807) is 6.33 Å². The van der Waals surface area contributed by atoms with E-state index >= 15 is 0 Å². The summed E-state index contributed by atoms with van der Waals surface area (Å²) in [4.78, 5) is 11.6. The van der Waals surface area contributed by atoms with E-state index in [1.807, 2.05) is 4.52 Å². The second kappa shape index (κ2) is 5.52. The fourth-order valence-corrected chi connectivity index (χ4v) is 4.16. The molecule has 1 saturated carbocycles. The zero-order valence-electron chi connectivity index (χ0n) is 13.6. The SMILES string of the molecule is Cc1nc2ncnn2c(N2CCC(C)CC2)c1C1CCCC1. The lowest BCUT2D eigenvalue weighted by Crippen LogP contribution is -2.35. The molecule has 2 fully saturated rings. The normalized spacial score (nSPS) is 21.1. The summed E-state index contributed by atoms with van der Waals surface area (Å²) in [5.41, 5.74) is 2.59. The lowest BCUT2D eigenvalue weighted by atomic mass is 9.94. The number of hydrogen-bond acceptors (Lipinski definition) is 4. The molecule has 5 heteroatoms. The number of anilines is 1. The fraction of sp³-hybridized carbons (Fsp3) is 0.706. The van der Waals surface area contributed by atoms with Crippen molar-refractivity contribution in [1.29, 1.82) is 0 Å². The van der Waals surface area contributed by atoms with Gasteiger partial charge in [-0.1, -0.05) is 19.8 Å². The molecule has 4 rings (SSSR count). The van der Waals surface area contributed by atoms with Gasteiger partial charge >= 0.3 is 0 Å². The van der Waals surface area contributed by atoms with E-state index in [0.29, 0.717) is 5.92 Å². The van der Waals surface area contributed by atoms with Crippen molar-refractivity contribution in [3.63, 3.8) is 0 Å². The van der Waals surface area contributed by atoms with E-state index in [0.717, 1.165) is 30.5 Å². The largest absolute Gasteiger partial charge is 0.356 e. The van der Waals surface area contributed by atoms with Crippen LogP contribution in [-0.4, -0.2) is 32.7 Å². The van der Waals surface area contributed by atoms with Crippen molar-refractivity contribution in [3.8, 4) is 0 Å². The molecule has 1 saturated heterocycles. The highest BCUT2D eigenvalue weighted by molar-refractivity contribution is 5.56. The Morgan fingerprint density at radius 2 is 1.82 bits per heavy atom. The Labute approximate surface area is 131 Å². The maximum absolute atomic E-state index is 4.71. The van der Waals surface area contributed by atoms with Gasteiger partial charge in [-0.25, -0.2) is 4.98 Å². The minimum absolute atomic E-state index is 0.649. The number of hydrogen-bond donors (Lipinski definition) is 0. The Bertz CT molecular complexity index is 663. The molecule has 5 nitrogen and oxygen atoms in total. The number of fused-ring (bicyclic) bond motifs is 1. The van der Waals surface area contributed by atoms with Crippen LogP contribution in [-0.2, 0) is 0 Å². The van der Waals surface area contributed by atoms with E-state index in [2.05, 4.69) is 28.8 Å². The number of rotatable bonds is 2. The third-order valence-corrected chi connectivity index (χ3v) is 5.48. The number of aromatic nitrogens is 4. The third-order valence-electron chi connectivity index (χ3n) is 5.48. The van der Waals surface area contributed by atoms with Gasteiger partial charge in [-0.05, 0) is 44.4 Å². The van der Waals surface area contributed by atoms with Crippen LogP contribution in [0, 0.1) is 12.8 Å². The molecule has 0 unspecified atom stereocenters. The minimum atomic E-state index is 0.649. The van der Waals surface area contributed by atoms with E-state index in [-0.39, 0.29) is 0 Å². The number of nitrogens with zero attached hydrogens (tertiary/aromatic N) is 5. The van der Waals surface area contributed by atoms with Crippen LogP contribution in [0.1, 0.15) is 62.6 Å². The topological polar surface area (TPSA) is 46.3 Å². The first kappa shape index (κ1) is 14.0. The van der Waals surface area contributed by atoms with Gasteiger partial charge in [0.05, 0.1) is 0 Å². The summed E-state index contributed by atoms with van der Waals surface area (Å²) in [5, 5.41) is 4.49. The van der Waals surface area contributed by atoms with E-state index in [4.69, 9.17) is 4.98 Å². The standard InChI is InChI=1S/C17H25N5/c1-12-7-9-21(10-8-12)16-15(14-5-3-4-6-14)13(2)20-17-18-11-19-22(16)17/h11-12,14H,3-10H2,1-2H3. The Morgan fingerprint density at radius 1 is 1.09 bits per heavy atom. The number of piperidine rings is 1. The van der Waals surface area contributed by atoms with Crippen LogP contribution < -0.4 is 4.90 Å². The van der Waals surface area contributed by atoms with Crippen molar-refractivity contribution in [2.24, 2.45) is 5.92 Å². The maximum atomic E-state index is 4.71. The van der Waals surface area contributed by atoms with Crippen LogP contribution in [0.15, 0.2) is 6.33 Å². The molecule has 0 radical (unpaired) electrons. The molecule has 118 valence electrons. The lowest BCUT2D eigenvalue weighted by molar-refractivity contribution is 0.433. The molecule has 0 bridgehead atoms. The van der Waals surface area contributed by atoms with E-state index in [1.165, 1.54) is 49.9 Å². The molecule has 0 atom stereocenters. The molecule has 1 aliphatic heterocycles. The molecule has 2 aliphatic rings. The molecule has 0 spiro atoms. The molecule has 0 N–H and O–H groups in total. The van der Waals surface area contributed by atoms with Crippen LogP contribution >= 0.6 is 0 Å². The van der Waals surface area contributed by atoms with Crippen molar-refractivity contribution in [2.45, 2.75) is 58.3 Å². The first-order valence-corrected chi connectivity index (χ1v) is 8.69. The van der Waals surface area contributed by atoms with Gasteiger partial charge in [0, 0.05) is 24.3 Å². The van der Waals surface area contributed by atoms with Crippen molar-refractivity contribution >= 4 is 11.6 Å². The molecule has 22 heavy (non-hydrogen) atoms. The van der Waals surface area contributed by atoms with E-state index < -0.39 is 0 Å². The summed E-state index contributed by atoms with van der Waals surface area (Å²) in [6.07, 6.45) is 9.44. The first-order chi connectivity index (χ1) is 10.7. The molecule has 2 aromatic rings. The smallest absolute Gasteiger partial charge is 0.254 e. The number of aryl methyl sites for hydroxylation is 1. The summed E-state index contributed by atoms with van der Waals surface area (Å²) >= 11 is 0. The Morgan fingerprint density at radius 3 is 2.55 bits per heavy atom. The highest BCUT2D eigenvalue weighted by Crippen LogP contribution is 2.41. The van der Waals surface area contributed by atoms with Crippen molar-refractivity contribution < 1.29 is 0 Å². The molecular weight excluding hydrogens is 274 g/mol. The van der Waals surface area contributed by atoms with Crippen LogP contribution in [0.2, 0.25) is 0 Å². The predicted octanol–water partition coefficient (Wildman–Crippen LogP) is 3.33. The lowest BCUT2D eigenvalue weighted by Gasteiger charge is -2.34. The summed E-state index contributed by atoms with van der Waals surface area (Å²) in [5.74, 6) is 3.50. The maximum Gasteiger partial charge on any atom is 0.254 e. The van der Waals surface area contributed by atoms with Crippen molar-refractivity contribution in [3.05, 3.63) is 17.6 Å². The van der Waals surface area contributed by atoms with Gasteiger partial charge in [0.15, 0.2) is 0 Å². The average molecular weight is 299 g/mol. The van der Waals surface area contributed by atoms with Crippen molar-refractivity contribution in [1.82, 2.24) is 19.6 Å². The third kappa shape index (κ3) is 2.27. The minimum Gasteiger partial charge on any atom is -0.356 e. The van der Waals surface area contributed by atoms with Gasteiger partial charge in [0.2, 0.25) is 0 Å². The predicted molar refractivity (Wildman–Crippen MR) is 87.3 cm³/mol. The summed E-state index contributed by atoms with van der Waals surface area (Å²) in [6.45, 7) is 6.76. The zero-order valence-corrected chi connectivity index (χ0v) is 13.6. The van der Waals surface area contributed by atoms with Crippen LogP contribution in [0.3, 0.4) is 0 Å².